The van der Waals surface area contributed by atoms with Crippen LogP contribution in [0.3, 0.4) is 0 Å². The molecule has 1 radical (unpaired) electrons. The number of halogens is 3. The molecule has 18 heavy (non-hydrogen) atoms. The van der Waals surface area contributed by atoms with Crippen molar-refractivity contribution in [3.05, 3.63) is 78.2 Å². The minimum Gasteiger partial charge on any atom is -0.170 e. The highest BCUT2D eigenvalue weighted by atomic mass is 19.4. The van der Waals surface area contributed by atoms with Gasteiger partial charge < -0.3 is 0 Å². The van der Waals surface area contributed by atoms with E-state index >= 15 is 0 Å². The third-order valence-corrected chi connectivity index (χ3v) is 2.67. The van der Waals surface area contributed by atoms with Gasteiger partial charge in [-0.1, -0.05) is 60.7 Å². The Kier molecular flexibility index (Phi) is 3.70. The minimum atomic E-state index is -4.28. The van der Waals surface area contributed by atoms with Crippen LogP contribution in [0, 0.1) is 6.42 Å². The maximum atomic E-state index is 13.1. The lowest BCUT2D eigenvalue weighted by atomic mass is 9.91. The Morgan fingerprint density at radius 2 is 1.28 bits per heavy atom. The Hall–Kier alpha value is -1.77. The first-order valence-electron chi connectivity index (χ1n) is 5.59. The molecule has 93 valence electrons. The molecule has 0 saturated carbocycles. The number of benzene rings is 2. The van der Waals surface area contributed by atoms with Crippen LogP contribution in [0.5, 0.6) is 0 Å². The van der Waals surface area contributed by atoms with Gasteiger partial charge in [-0.3, -0.25) is 0 Å². The van der Waals surface area contributed by atoms with Crippen LogP contribution in [0.2, 0.25) is 0 Å². The SMILES string of the molecule is FC(F)(F)C([CH]c1ccccc1)c1ccccc1. The molecule has 0 aliphatic heterocycles. The Bertz CT molecular complexity index is 474. The average molecular weight is 249 g/mol. The zero-order chi connectivity index (χ0) is 13.0. The normalized spacial score (nSPS) is 13.3. The number of alkyl halides is 3. The van der Waals surface area contributed by atoms with Gasteiger partial charge in [0.1, 0.15) is 0 Å². The van der Waals surface area contributed by atoms with Gasteiger partial charge in [0.15, 0.2) is 0 Å². The largest absolute Gasteiger partial charge is 0.396 e. The van der Waals surface area contributed by atoms with Crippen molar-refractivity contribution in [3.63, 3.8) is 0 Å². The Labute approximate surface area is 104 Å². The van der Waals surface area contributed by atoms with Gasteiger partial charge in [-0.05, 0) is 11.1 Å². The molecular weight excluding hydrogens is 237 g/mol. The van der Waals surface area contributed by atoms with E-state index in [1.54, 1.807) is 48.5 Å². The number of hydrogen-bond acceptors (Lipinski definition) is 0. The van der Waals surface area contributed by atoms with Crippen LogP contribution < -0.4 is 0 Å². The molecule has 0 heterocycles. The average Bonchev–Trinajstić information content (AvgIpc) is 2.37. The van der Waals surface area contributed by atoms with Gasteiger partial charge in [-0.2, -0.15) is 13.2 Å². The van der Waals surface area contributed by atoms with E-state index in [0.29, 0.717) is 5.56 Å². The molecule has 2 rings (SSSR count). The van der Waals surface area contributed by atoms with Crippen molar-refractivity contribution in [3.8, 4) is 0 Å². The molecule has 2 aromatic rings. The molecule has 0 aliphatic rings. The van der Waals surface area contributed by atoms with E-state index in [2.05, 4.69) is 0 Å². The molecule has 0 amide bonds. The van der Waals surface area contributed by atoms with Crippen molar-refractivity contribution in [2.45, 2.75) is 12.1 Å². The lowest BCUT2D eigenvalue weighted by Crippen LogP contribution is -2.21. The summed E-state index contributed by atoms with van der Waals surface area (Å²) in [6.45, 7) is 0. The highest BCUT2D eigenvalue weighted by molar-refractivity contribution is 5.32. The molecule has 0 aliphatic carbocycles. The summed E-state index contributed by atoms with van der Waals surface area (Å²) in [5.74, 6) is -1.57. The predicted molar refractivity (Wildman–Crippen MR) is 65.1 cm³/mol. The van der Waals surface area contributed by atoms with Gasteiger partial charge in [0, 0.05) is 6.42 Å². The summed E-state index contributed by atoms with van der Waals surface area (Å²) in [6.07, 6.45) is -3.04. The van der Waals surface area contributed by atoms with Crippen molar-refractivity contribution in [1.29, 1.82) is 0 Å². The molecular formula is C15H12F3. The molecule has 0 bridgehead atoms. The van der Waals surface area contributed by atoms with Crippen molar-refractivity contribution < 1.29 is 13.2 Å². The minimum absolute atomic E-state index is 0.258. The van der Waals surface area contributed by atoms with E-state index in [9.17, 15) is 13.2 Å². The van der Waals surface area contributed by atoms with Crippen LogP contribution in [-0.2, 0) is 0 Å². The van der Waals surface area contributed by atoms with Crippen LogP contribution in [0.1, 0.15) is 17.0 Å². The fourth-order valence-electron chi connectivity index (χ4n) is 1.80. The molecule has 0 saturated heterocycles. The van der Waals surface area contributed by atoms with Crippen molar-refractivity contribution in [2.75, 3.05) is 0 Å². The third kappa shape index (κ3) is 3.13. The van der Waals surface area contributed by atoms with Crippen LogP contribution in [0.15, 0.2) is 60.7 Å². The lowest BCUT2D eigenvalue weighted by molar-refractivity contribution is -0.142. The highest BCUT2D eigenvalue weighted by Gasteiger charge is 2.40. The summed E-state index contributed by atoms with van der Waals surface area (Å²) >= 11 is 0. The molecule has 1 unspecified atom stereocenters. The summed E-state index contributed by atoms with van der Waals surface area (Å²) in [7, 11) is 0. The number of rotatable bonds is 3. The lowest BCUT2D eigenvalue weighted by Gasteiger charge is -2.20. The maximum absolute atomic E-state index is 13.1. The first kappa shape index (κ1) is 12.7. The topological polar surface area (TPSA) is 0 Å². The van der Waals surface area contributed by atoms with Gasteiger partial charge in [0.2, 0.25) is 0 Å². The summed E-state index contributed by atoms with van der Waals surface area (Å²) in [5, 5.41) is 0. The summed E-state index contributed by atoms with van der Waals surface area (Å²) in [5.41, 5.74) is 0.831. The van der Waals surface area contributed by atoms with E-state index in [1.165, 1.54) is 18.6 Å². The highest BCUT2D eigenvalue weighted by Crippen LogP contribution is 2.38. The summed E-state index contributed by atoms with van der Waals surface area (Å²) < 4.78 is 39.2. The number of hydrogen-bond donors (Lipinski definition) is 0. The van der Waals surface area contributed by atoms with Crippen molar-refractivity contribution in [1.82, 2.24) is 0 Å². The first-order chi connectivity index (χ1) is 8.57. The molecule has 0 spiro atoms. The predicted octanol–water partition coefficient (Wildman–Crippen LogP) is 4.59. The molecule has 0 N–H and O–H groups in total. The standard InChI is InChI=1S/C15H12F3/c16-15(17,18)14(13-9-5-2-6-10-13)11-12-7-3-1-4-8-12/h1-11,14H. The second kappa shape index (κ2) is 5.25. The molecule has 3 heteroatoms. The van der Waals surface area contributed by atoms with Gasteiger partial charge in [-0.25, -0.2) is 0 Å². The van der Waals surface area contributed by atoms with Crippen LogP contribution >= 0.6 is 0 Å². The van der Waals surface area contributed by atoms with E-state index in [0.717, 1.165) is 0 Å². The van der Waals surface area contributed by atoms with Crippen LogP contribution in [0.25, 0.3) is 0 Å². The van der Waals surface area contributed by atoms with E-state index < -0.39 is 12.1 Å². The van der Waals surface area contributed by atoms with Crippen LogP contribution in [0.4, 0.5) is 13.2 Å². The monoisotopic (exact) mass is 249 g/mol. The first-order valence-corrected chi connectivity index (χ1v) is 5.59. The zero-order valence-electron chi connectivity index (χ0n) is 9.56. The Morgan fingerprint density at radius 3 is 1.78 bits per heavy atom. The smallest absolute Gasteiger partial charge is 0.170 e. The molecule has 0 nitrogen and oxygen atoms in total. The molecule has 0 fully saturated rings. The molecule has 1 atom stereocenters. The van der Waals surface area contributed by atoms with Gasteiger partial charge >= 0.3 is 6.18 Å². The summed E-state index contributed by atoms with van der Waals surface area (Å²) in [6, 6.07) is 16.5. The third-order valence-electron chi connectivity index (χ3n) is 2.67. The fraction of sp³-hybridized carbons (Fsp3) is 0.133. The fourth-order valence-corrected chi connectivity index (χ4v) is 1.80. The second-order valence-electron chi connectivity index (χ2n) is 4.01. The summed E-state index contributed by atoms with van der Waals surface area (Å²) in [4.78, 5) is 0. The van der Waals surface area contributed by atoms with Gasteiger partial charge in [-0.15, -0.1) is 0 Å². The Balaban J connectivity index is 2.28. The molecule has 2 aromatic carbocycles. The van der Waals surface area contributed by atoms with E-state index in [-0.39, 0.29) is 5.56 Å². The van der Waals surface area contributed by atoms with E-state index in [1.807, 2.05) is 0 Å². The van der Waals surface area contributed by atoms with Crippen molar-refractivity contribution in [2.24, 2.45) is 0 Å². The van der Waals surface area contributed by atoms with Gasteiger partial charge in [0.05, 0.1) is 5.92 Å². The van der Waals surface area contributed by atoms with Crippen LogP contribution in [-0.4, -0.2) is 6.18 Å². The Morgan fingerprint density at radius 1 is 0.778 bits per heavy atom. The molecule has 0 aromatic heterocycles. The maximum Gasteiger partial charge on any atom is 0.396 e. The quantitative estimate of drug-likeness (QED) is 0.746. The van der Waals surface area contributed by atoms with Gasteiger partial charge in [0.25, 0.3) is 0 Å². The zero-order valence-corrected chi connectivity index (χ0v) is 9.56. The second-order valence-corrected chi connectivity index (χ2v) is 4.01. The van der Waals surface area contributed by atoms with E-state index in [4.69, 9.17) is 0 Å². The van der Waals surface area contributed by atoms with Crippen molar-refractivity contribution >= 4 is 0 Å².